The molecule has 0 aromatic heterocycles. The van der Waals surface area contributed by atoms with E-state index in [1.54, 1.807) is 0 Å². The summed E-state index contributed by atoms with van der Waals surface area (Å²) < 4.78 is 17.4. The summed E-state index contributed by atoms with van der Waals surface area (Å²) in [5, 5.41) is -0.0530. The van der Waals surface area contributed by atoms with Gasteiger partial charge in [-0.2, -0.15) is 0 Å². The highest BCUT2D eigenvalue weighted by molar-refractivity contribution is 6.31. The molecule has 0 amide bonds. The number of anilines is 1. The van der Waals surface area contributed by atoms with Gasteiger partial charge in [0, 0.05) is 17.3 Å². The van der Waals surface area contributed by atoms with Crippen molar-refractivity contribution in [3.05, 3.63) is 34.6 Å². The highest BCUT2D eigenvalue weighted by Crippen LogP contribution is 2.22. The lowest BCUT2D eigenvalue weighted by Gasteiger charge is -2.01. The third kappa shape index (κ3) is 2.95. The number of carbonyl (C=O) groups excluding carboxylic acids is 1. The minimum atomic E-state index is -0.588. The fourth-order valence-corrected chi connectivity index (χ4v) is 1.12. The highest BCUT2D eigenvalue weighted by atomic mass is 35.5. The standard InChI is InChI=1S/C10H9ClFNO2/c1-15-10(14)3-2-6-4-8(12)7(11)5-9(6)13/h2-5H,13H2,1H3/b3-2+. The zero-order chi connectivity index (χ0) is 11.4. The SMILES string of the molecule is COC(=O)/C=C/c1cc(F)c(Cl)cc1N. The maximum atomic E-state index is 13.0. The predicted molar refractivity (Wildman–Crippen MR) is 56.9 cm³/mol. The van der Waals surface area contributed by atoms with Crippen LogP contribution in [-0.2, 0) is 9.53 Å². The van der Waals surface area contributed by atoms with Crippen LogP contribution in [0.3, 0.4) is 0 Å². The molecule has 15 heavy (non-hydrogen) atoms. The van der Waals surface area contributed by atoms with Crippen molar-refractivity contribution >= 4 is 29.3 Å². The fourth-order valence-electron chi connectivity index (χ4n) is 0.948. The van der Waals surface area contributed by atoms with E-state index >= 15 is 0 Å². The van der Waals surface area contributed by atoms with Crippen LogP contribution in [0, 0.1) is 5.82 Å². The van der Waals surface area contributed by atoms with Gasteiger partial charge >= 0.3 is 5.97 Å². The fraction of sp³-hybridized carbons (Fsp3) is 0.100. The number of hydrogen-bond donors (Lipinski definition) is 1. The van der Waals surface area contributed by atoms with E-state index in [2.05, 4.69) is 4.74 Å². The molecule has 0 spiro atoms. The molecule has 0 aliphatic heterocycles. The smallest absolute Gasteiger partial charge is 0.330 e. The number of carbonyl (C=O) groups is 1. The van der Waals surface area contributed by atoms with Gasteiger partial charge in [-0.15, -0.1) is 0 Å². The first kappa shape index (κ1) is 11.5. The van der Waals surface area contributed by atoms with E-state index in [9.17, 15) is 9.18 Å². The number of benzene rings is 1. The number of rotatable bonds is 2. The first-order valence-corrected chi connectivity index (χ1v) is 4.43. The molecule has 0 aliphatic carbocycles. The van der Waals surface area contributed by atoms with E-state index in [-0.39, 0.29) is 5.02 Å². The summed E-state index contributed by atoms with van der Waals surface area (Å²) >= 11 is 5.51. The molecule has 0 radical (unpaired) electrons. The van der Waals surface area contributed by atoms with Crippen molar-refractivity contribution in [2.45, 2.75) is 0 Å². The van der Waals surface area contributed by atoms with Crippen molar-refractivity contribution in [1.29, 1.82) is 0 Å². The molecular weight excluding hydrogens is 221 g/mol. The van der Waals surface area contributed by atoms with Crippen LogP contribution in [0.25, 0.3) is 6.08 Å². The zero-order valence-corrected chi connectivity index (χ0v) is 8.72. The molecule has 1 aromatic carbocycles. The topological polar surface area (TPSA) is 52.3 Å². The zero-order valence-electron chi connectivity index (χ0n) is 7.96. The Bertz CT molecular complexity index is 418. The van der Waals surface area contributed by atoms with Gasteiger partial charge in [-0.3, -0.25) is 0 Å². The molecule has 0 atom stereocenters. The molecule has 1 rings (SSSR count). The van der Waals surface area contributed by atoms with E-state index in [1.807, 2.05) is 0 Å². The van der Waals surface area contributed by atoms with Crippen molar-refractivity contribution in [3.63, 3.8) is 0 Å². The van der Waals surface area contributed by atoms with Crippen LogP contribution < -0.4 is 5.73 Å². The number of nitrogen functional groups attached to an aromatic ring is 1. The first-order chi connectivity index (χ1) is 7.04. The average molecular weight is 230 g/mol. The summed E-state index contributed by atoms with van der Waals surface area (Å²) in [6.07, 6.45) is 2.51. The minimum absolute atomic E-state index is 0.0530. The Morgan fingerprint density at radius 1 is 1.60 bits per heavy atom. The molecule has 0 aliphatic rings. The number of ether oxygens (including phenoxy) is 1. The van der Waals surface area contributed by atoms with Gasteiger partial charge in [0.2, 0.25) is 0 Å². The molecule has 0 unspecified atom stereocenters. The van der Waals surface area contributed by atoms with Crippen LogP contribution in [0.15, 0.2) is 18.2 Å². The molecule has 5 heteroatoms. The Kier molecular flexibility index (Phi) is 3.68. The number of nitrogens with two attached hydrogens (primary N) is 1. The van der Waals surface area contributed by atoms with Gasteiger partial charge in [-0.1, -0.05) is 11.6 Å². The van der Waals surface area contributed by atoms with Crippen LogP contribution in [0.5, 0.6) is 0 Å². The molecule has 2 N–H and O–H groups in total. The quantitative estimate of drug-likeness (QED) is 0.481. The second kappa shape index (κ2) is 4.79. The molecule has 0 saturated carbocycles. The second-order valence-corrected chi connectivity index (χ2v) is 3.16. The van der Waals surface area contributed by atoms with Crippen molar-refractivity contribution in [3.8, 4) is 0 Å². The molecule has 0 bridgehead atoms. The van der Waals surface area contributed by atoms with E-state index in [0.29, 0.717) is 11.3 Å². The average Bonchev–Trinajstić information content (AvgIpc) is 2.21. The minimum Gasteiger partial charge on any atom is -0.466 e. The van der Waals surface area contributed by atoms with Crippen LogP contribution in [0.4, 0.5) is 10.1 Å². The molecule has 1 aromatic rings. The maximum Gasteiger partial charge on any atom is 0.330 e. The third-order valence-corrected chi connectivity index (χ3v) is 2.02. The molecule has 0 saturated heterocycles. The Balaban J connectivity index is 3.00. The van der Waals surface area contributed by atoms with E-state index in [4.69, 9.17) is 17.3 Å². The van der Waals surface area contributed by atoms with Gasteiger partial charge in [0.05, 0.1) is 12.1 Å². The Labute approximate surface area is 91.3 Å². The number of hydrogen-bond acceptors (Lipinski definition) is 3. The van der Waals surface area contributed by atoms with Gasteiger partial charge < -0.3 is 10.5 Å². The van der Waals surface area contributed by atoms with Crippen molar-refractivity contribution in [2.75, 3.05) is 12.8 Å². The van der Waals surface area contributed by atoms with Gasteiger partial charge in [0.25, 0.3) is 0 Å². The van der Waals surface area contributed by atoms with Crippen LogP contribution in [0.2, 0.25) is 5.02 Å². The number of esters is 1. The van der Waals surface area contributed by atoms with Crippen molar-refractivity contribution in [2.24, 2.45) is 0 Å². The van der Waals surface area contributed by atoms with Gasteiger partial charge in [0.15, 0.2) is 0 Å². The number of methoxy groups -OCH3 is 1. The molecule has 0 fully saturated rings. The number of halogens is 2. The normalized spacial score (nSPS) is 10.6. The first-order valence-electron chi connectivity index (χ1n) is 4.05. The van der Waals surface area contributed by atoms with Crippen LogP contribution >= 0.6 is 11.6 Å². The largest absolute Gasteiger partial charge is 0.466 e. The summed E-state index contributed by atoms with van der Waals surface area (Å²) in [7, 11) is 1.25. The summed E-state index contributed by atoms with van der Waals surface area (Å²) in [5.41, 5.74) is 6.23. The van der Waals surface area contributed by atoms with Crippen molar-refractivity contribution in [1.82, 2.24) is 0 Å². The second-order valence-electron chi connectivity index (χ2n) is 2.75. The van der Waals surface area contributed by atoms with Crippen LogP contribution in [-0.4, -0.2) is 13.1 Å². The Morgan fingerprint density at radius 2 is 2.27 bits per heavy atom. The molecule has 3 nitrogen and oxygen atoms in total. The van der Waals surface area contributed by atoms with E-state index in [1.165, 1.54) is 19.3 Å². The lowest BCUT2D eigenvalue weighted by molar-refractivity contribution is -0.134. The van der Waals surface area contributed by atoms with Gasteiger partial charge in [0.1, 0.15) is 5.82 Å². The monoisotopic (exact) mass is 229 g/mol. The summed E-state index contributed by atoms with van der Waals surface area (Å²) in [5.74, 6) is -1.12. The summed E-state index contributed by atoms with van der Waals surface area (Å²) in [4.78, 5) is 10.8. The van der Waals surface area contributed by atoms with Gasteiger partial charge in [-0.25, -0.2) is 9.18 Å². The molecule has 80 valence electrons. The summed E-state index contributed by atoms with van der Waals surface area (Å²) in [6.45, 7) is 0. The lowest BCUT2D eigenvalue weighted by atomic mass is 10.1. The predicted octanol–water partition coefficient (Wildman–Crippen LogP) is 2.25. The van der Waals surface area contributed by atoms with E-state index < -0.39 is 11.8 Å². The molecule has 0 heterocycles. The van der Waals surface area contributed by atoms with Gasteiger partial charge in [-0.05, 0) is 18.2 Å². The molecular formula is C10H9ClFNO2. The summed E-state index contributed by atoms with van der Waals surface area (Å²) in [6, 6.07) is 2.44. The lowest BCUT2D eigenvalue weighted by Crippen LogP contribution is -1.95. The maximum absolute atomic E-state index is 13.0. The highest BCUT2D eigenvalue weighted by Gasteiger charge is 2.04. The Hall–Kier alpha value is -1.55. The van der Waals surface area contributed by atoms with Crippen LogP contribution in [0.1, 0.15) is 5.56 Å². The van der Waals surface area contributed by atoms with Crippen molar-refractivity contribution < 1.29 is 13.9 Å². The third-order valence-electron chi connectivity index (χ3n) is 1.73. The Morgan fingerprint density at radius 3 is 2.87 bits per heavy atom. The van der Waals surface area contributed by atoms with E-state index in [0.717, 1.165) is 12.1 Å².